The van der Waals surface area contributed by atoms with E-state index in [-0.39, 0.29) is 5.91 Å². The van der Waals surface area contributed by atoms with Crippen molar-refractivity contribution in [1.82, 2.24) is 10.2 Å². The first-order valence-electron chi connectivity index (χ1n) is 8.32. The van der Waals surface area contributed by atoms with E-state index in [2.05, 4.69) is 43.4 Å². The number of nitrogens with one attached hydrogen (secondary N) is 1. The summed E-state index contributed by atoms with van der Waals surface area (Å²) in [5.74, 6) is 0.815. The Hall–Kier alpha value is -1.39. The zero-order valence-corrected chi connectivity index (χ0v) is 13.8. The van der Waals surface area contributed by atoms with E-state index in [1.807, 2.05) is 4.90 Å². The zero-order valence-electron chi connectivity index (χ0n) is 13.8. The number of ether oxygens (including phenoxy) is 1. The SMILES string of the molecule is CC(C)c1ccc(CCNCCC(=O)N2CCOCC2)cc1. The van der Waals surface area contributed by atoms with Crippen LogP contribution in [0, 0.1) is 0 Å². The number of amides is 1. The molecular weight excluding hydrogens is 276 g/mol. The van der Waals surface area contributed by atoms with Crippen LogP contribution in [0.3, 0.4) is 0 Å². The molecule has 0 saturated carbocycles. The largest absolute Gasteiger partial charge is 0.378 e. The van der Waals surface area contributed by atoms with E-state index in [0.29, 0.717) is 25.6 Å². The molecule has 2 rings (SSSR count). The Kier molecular flexibility index (Phi) is 6.87. The van der Waals surface area contributed by atoms with Crippen LogP contribution in [0.4, 0.5) is 0 Å². The van der Waals surface area contributed by atoms with Crippen LogP contribution in [0.25, 0.3) is 0 Å². The predicted molar refractivity (Wildman–Crippen MR) is 89.1 cm³/mol. The number of carbonyl (C=O) groups excluding carboxylic acids is 1. The predicted octanol–water partition coefficient (Wildman–Crippen LogP) is 2.19. The van der Waals surface area contributed by atoms with Crippen LogP contribution in [-0.4, -0.2) is 50.2 Å². The lowest BCUT2D eigenvalue weighted by Crippen LogP contribution is -2.41. The Morgan fingerprint density at radius 1 is 1.18 bits per heavy atom. The zero-order chi connectivity index (χ0) is 15.8. The van der Waals surface area contributed by atoms with E-state index in [0.717, 1.165) is 32.6 Å². The Morgan fingerprint density at radius 2 is 1.86 bits per heavy atom. The molecule has 122 valence electrons. The van der Waals surface area contributed by atoms with Gasteiger partial charge in [-0.2, -0.15) is 0 Å². The average molecular weight is 304 g/mol. The Morgan fingerprint density at radius 3 is 2.50 bits per heavy atom. The highest BCUT2D eigenvalue weighted by Gasteiger charge is 2.15. The van der Waals surface area contributed by atoms with E-state index in [1.54, 1.807) is 0 Å². The summed E-state index contributed by atoms with van der Waals surface area (Å²) in [4.78, 5) is 13.9. The second-order valence-corrected chi connectivity index (χ2v) is 6.14. The Labute approximate surface area is 133 Å². The molecule has 1 N–H and O–H groups in total. The lowest BCUT2D eigenvalue weighted by Gasteiger charge is -2.26. The van der Waals surface area contributed by atoms with Gasteiger partial charge in [0.1, 0.15) is 0 Å². The van der Waals surface area contributed by atoms with Crippen LogP contribution >= 0.6 is 0 Å². The molecule has 1 aliphatic heterocycles. The molecule has 1 fully saturated rings. The summed E-state index contributed by atoms with van der Waals surface area (Å²) in [6.07, 6.45) is 1.58. The molecule has 22 heavy (non-hydrogen) atoms. The first kappa shape index (κ1) is 17.0. The maximum atomic E-state index is 12.0. The number of hydrogen-bond acceptors (Lipinski definition) is 3. The summed E-state index contributed by atoms with van der Waals surface area (Å²) >= 11 is 0. The van der Waals surface area contributed by atoms with Gasteiger partial charge in [0.2, 0.25) is 5.91 Å². The van der Waals surface area contributed by atoms with Crippen LogP contribution in [0.15, 0.2) is 24.3 Å². The van der Waals surface area contributed by atoms with Gasteiger partial charge in [0.15, 0.2) is 0 Å². The maximum absolute atomic E-state index is 12.0. The molecule has 1 saturated heterocycles. The third kappa shape index (κ3) is 5.43. The molecule has 0 aromatic heterocycles. The van der Waals surface area contributed by atoms with Gasteiger partial charge in [-0.3, -0.25) is 4.79 Å². The quantitative estimate of drug-likeness (QED) is 0.785. The molecular formula is C18H28N2O2. The van der Waals surface area contributed by atoms with Gasteiger partial charge in [-0.05, 0) is 30.0 Å². The fourth-order valence-corrected chi connectivity index (χ4v) is 2.59. The molecule has 4 nitrogen and oxygen atoms in total. The molecule has 1 heterocycles. The molecule has 0 spiro atoms. The molecule has 0 unspecified atom stereocenters. The summed E-state index contributed by atoms with van der Waals surface area (Å²) in [6, 6.07) is 8.83. The minimum Gasteiger partial charge on any atom is -0.378 e. The van der Waals surface area contributed by atoms with Crippen LogP contribution in [0.5, 0.6) is 0 Å². The van der Waals surface area contributed by atoms with Gasteiger partial charge >= 0.3 is 0 Å². The van der Waals surface area contributed by atoms with Gasteiger partial charge in [-0.1, -0.05) is 38.1 Å². The lowest BCUT2D eigenvalue weighted by atomic mass is 10.0. The smallest absolute Gasteiger partial charge is 0.224 e. The first-order chi connectivity index (χ1) is 10.7. The van der Waals surface area contributed by atoms with Crippen molar-refractivity contribution in [3.8, 4) is 0 Å². The topological polar surface area (TPSA) is 41.6 Å². The van der Waals surface area contributed by atoms with Gasteiger partial charge < -0.3 is 15.0 Å². The molecule has 0 radical (unpaired) electrons. The molecule has 1 amide bonds. The molecule has 4 heteroatoms. The second kappa shape index (κ2) is 8.91. The van der Waals surface area contributed by atoms with E-state index < -0.39 is 0 Å². The summed E-state index contributed by atoms with van der Waals surface area (Å²) in [5.41, 5.74) is 2.73. The fourth-order valence-electron chi connectivity index (χ4n) is 2.59. The van der Waals surface area contributed by atoms with Crippen molar-refractivity contribution >= 4 is 5.91 Å². The van der Waals surface area contributed by atoms with Crippen molar-refractivity contribution < 1.29 is 9.53 Å². The summed E-state index contributed by atoms with van der Waals surface area (Å²) < 4.78 is 5.26. The monoisotopic (exact) mass is 304 g/mol. The maximum Gasteiger partial charge on any atom is 0.224 e. The van der Waals surface area contributed by atoms with Crippen LogP contribution in [0.1, 0.15) is 37.3 Å². The van der Waals surface area contributed by atoms with Crippen molar-refractivity contribution in [2.24, 2.45) is 0 Å². The molecule has 1 aromatic carbocycles. The van der Waals surface area contributed by atoms with E-state index in [1.165, 1.54) is 11.1 Å². The van der Waals surface area contributed by atoms with E-state index in [9.17, 15) is 4.79 Å². The number of carbonyl (C=O) groups is 1. The summed E-state index contributed by atoms with van der Waals surface area (Å²) in [5, 5.41) is 3.36. The molecule has 0 aliphatic carbocycles. The molecule has 1 aromatic rings. The third-order valence-electron chi connectivity index (χ3n) is 4.12. The molecule has 1 aliphatic rings. The van der Waals surface area contributed by atoms with Crippen LogP contribution in [-0.2, 0) is 16.0 Å². The highest BCUT2D eigenvalue weighted by molar-refractivity contribution is 5.76. The summed E-state index contributed by atoms with van der Waals surface area (Å²) in [7, 11) is 0. The third-order valence-corrected chi connectivity index (χ3v) is 4.12. The van der Waals surface area contributed by atoms with E-state index >= 15 is 0 Å². The number of hydrogen-bond donors (Lipinski definition) is 1. The van der Waals surface area contributed by atoms with Gasteiger partial charge in [0, 0.05) is 26.1 Å². The average Bonchev–Trinajstić information content (AvgIpc) is 2.55. The second-order valence-electron chi connectivity index (χ2n) is 6.14. The minimum atomic E-state index is 0.233. The van der Waals surface area contributed by atoms with Crippen molar-refractivity contribution in [3.05, 3.63) is 35.4 Å². The van der Waals surface area contributed by atoms with Crippen molar-refractivity contribution in [3.63, 3.8) is 0 Å². The van der Waals surface area contributed by atoms with Crippen molar-refractivity contribution in [2.75, 3.05) is 39.4 Å². The number of nitrogens with zero attached hydrogens (tertiary/aromatic N) is 1. The Balaban J connectivity index is 1.59. The molecule has 0 bridgehead atoms. The van der Waals surface area contributed by atoms with Gasteiger partial charge in [0.05, 0.1) is 13.2 Å². The summed E-state index contributed by atoms with van der Waals surface area (Å²) in [6.45, 7) is 8.90. The molecule has 0 atom stereocenters. The minimum absolute atomic E-state index is 0.233. The van der Waals surface area contributed by atoms with Crippen LogP contribution < -0.4 is 5.32 Å². The standard InChI is InChI=1S/C18H28N2O2/c1-15(2)17-5-3-16(4-6-17)7-9-19-10-8-18(21)20-11-13-22-14-12-20/h3-6,15,19H,7-14H2,1-2H3. The van der Waals surface area contributed by atoms with E-state index in [4.69, 9.17) is 4.74 Å². The highest BCUT2D eigenvalue weighted by Crippen LogP contribution is 2.14. The van der Waals surface area contributed by atoms with Crippen LogP contribution in [0.2, 0.25) is 0 Å². The van der Waals surface area contributed by atoms with Gasteiger partial charge in [0.25, 0.3) is 0 Å². The first-order valence-corrected chi connectivity index (χ1v) is 8.32. The van der Waals surface area contributed by atoms with Crippen molar-refractivity contribution in [1.29, 1.82) is 0 Å². The fraction of sp³-hybridized carbons (Fsp3) is 0.611. The van der Waals surface area contributed by atoms with Crippen molar-refractivity contribution in [2.45, 2.75) is 32.6 Å². The lowest BCUT2D eigenvalue weighted by molar-refractivity contribution is -0.135. The number of benzene rings is 1. The Bertz CT molecular complexity index is 451. The van der Waals surface area contributed by atoms with Gasteiger partial charge in [-0.25, -0.2) is 0 Å². The number of rotatable bonds is 7. The normalized spacial score (nSPS) is 15.3. The number of morpholine rings is 1. The highest BCUT2D eigenvalue weighted by atomic mass is 16.5. The van der Waals surface area contributed by atoms with Gasteiger partial charge in [-0.15, -0.1) is 0 Å².